The number of esters is 1. The van der Waals surface area contributed by atoms with Crippen LogP contribution in [0.2, 0.25) is 5.02 Å². The maximum absolute atomic E-state index is 12.3. The molecular formula is C15H18ClN5O3S. The van der Waals surface area contributed by atoms with E-state index in [4.69, 9.17) is 16.3 Å². The topological polar surface area (TPSA) is 99.0 Å². The lowest BCUT2D eigenvalue weighted by molar-refractivity contribution is -0.143. The third-order valence-electron chi connectivity index (χ3n) is 3.21. The highest BCUT2D eigenvalue weighted by molar-refractivity contribution is 7.99. The van der Waals surface area contributed by atoms with Crippen molar-refractivity contribution in [1.82, 2.24) is 25.5 Å². The molecule has 25 heavy (non-hydrogen) atoms. The van der Waals surface area contributed by atoms with Crippen molar-refractivity contribution in [2.24, 2.45) is 7.05 Å². The molecule has 8 nitrogen and oxygen atoms in total. The summed E-state index contributed by atoms with van der Waals surface area (Å²) in [6.07, 6.45) is -0.000500. The van der Waals surface area contributed by atoms with Crippen molar-refractivity contribution in [2.45, 2.75) is 24.5 Å². The summed E-state index contributed by atoms with van der Waals surface area (Å²) in [5.41, 5.74) is 0.663. The smallest absolute Gasteiger partial charge is 0.308 e. The fourth-order valence-corrected chi connectivity index (χ4v) is 3.02. The number of hydrogen-bond acceptors (Lipinski definition) is 7. The predicted molar refractivity (Wildman–Crippen MR) is 93.1 cm³/mol. The number of aryl methyl sites for hydroxylation is 1. The fraction of sp³-hybridized carbons (Fsp3) is 0.400. The van der Waals surface area contributed by atoms with Crippen LogP contribution in [-0.4, -0.2) is 44.4 Å². The third kappa shape index (κ3) is 5.71. The third-order valence-corrected chi connectivity index (χ3v) is 4.56. The van der Waals surface area contributed by atoms with Crippen LogP contribution >= 0.6 is 23.4 Å². The molecule has 1 aromatic heterocycles. The molecule has 1 atom stereocenters. The molecule has 10 heteroatoms. The largest absolute Gasteiger partial charge is 0.466 e. The minimum absolute atomic E-state index is 0.000500. The van der Waals surface area contributed by atoms with Gasteiger partial charge in [-0.1, -0.05) is 41.6 Å². The first-order valence-electron chi connectivity index (χ1n) is 7.55. The van der Waals surface area contributed by atoms with E-state index in [0.717, 1.165) is 0 Å². The van der Waals surface area contributed by atoms with E-state index in [1.807, 2.05) is 0 Å². The number of carbonyl (C=O) groups is 2. The van der Waals surface area contributed by atoms with Crippen molar-refractivity contribution >= 4 is 35.2 Å². The molecule has 1 N–H and O–H groups in total. The summed E-state index contributed by atoms with van der Waals surface area (Å²) in [6.45, 7) is 2.00. The molecule has 0 spiro atoms. The van der Waals surface area contributed by atoms with E-state index in [0.29, 0.717) is 15.7 Å². The fourth-order valence-electron chi connectivity index (χ4n) is 2.09. The lowest BCUT2D eigenvalue weighted by atomic mass is 10.0. The number of hydrogen-bond donors (Lipinski definition) is 1. The van der Waals surface area contributed by atoms with Crippen molar-refractivity contribution in [3.63, 3.8) is 0 Å². The van der Waals surface area contributed by atoms with Crippen LogP contribution in [-0.2, 0) is 21.4 Å². The molecule has 0 radical (unpaired) electrons. The molecule has 1 aromatic carbocycles. The van der Waals surface area contributed by atoms with Gasteiger partial charge in [-0.2, -0.15) is 0 Å². The van der Waals surface area contributed by atoms with Crippen molar-refractivity contribution in [3.05, 3.63) is 34.9 Å². The first kappa shape index (κ1) is 19.2. The van der Waals surface area contributed by atoms with Gasteiger partial charge in [0.25, 0.3) is 0 Å². The number of carbonyl (C=O) groups excluding carboxylic acids is 2. The molecule has 0 bridgehead atoms. The number of tetrazole rings is 1. The zero-order valence-electron chi connectivity index (χ0n) is 13.8. The average Bonchev–Trinajstić information content (AvgIpc) is 2.98. The second-order valence-electron chi connectivity index (χ2n) is 5.02. The van der Waals surface area contributed by atoms with E-state index in [2.05, 4.69) is 20.8 Å². The van der Waals surface area contributed by atoms with E-state index in [-0.39, 0.29) is 24.7 Å². The van der Waals surface area contributed by atoms with E-state index in [1.54, 1.807) is 38.2 Å². The van der Waals surface area contributed by atoms with Gasteiger partial charge in [-0.05, 0) is 29.0 Å². The number of rotatable bonds is 8. The van der Waals surface area contributed by atoms with Crippen LogP contribution in [0.4, 0.5) is 0 Å². The highest BCUT2D eigenvalue weighted by Gasteiger charge is 2.21. The molecule has 1 amide bonds. The average molecular weight is 384 g/mol. The second kappa shape index (κ2) is 9.38. The highest BCUT2D eigenvalue weighted by atomic mass is 35.5. The van der Waals surface area contributed by atoms with E-state index >= 15 is 0 Å². The van der Waals surface area contributed by atoms with Crippen molar-refractivity contribution in [2.75, 3.05) is 12.4 Å². The molecule has 0 aliphatic rings. The van der Waals surface area contributed by atoms with Gasteiger partial charge in [-0.25, -0.2) is 4.68 Å². The number of thioether (sulfide) groups is 1. The van der Waals surface area contributed by atoms with Gasteiger partial charge in [-0.15, -0.1) is 5.10 Å². The Bertz CT molecular complexity index is 739. The number of nitrogens with one attached hydrogen (secondary N) is 1. The molecule has 0 saturated heterocycles. The van der Waals surface area contributed by atoms with Gasteiger partial charge in [0.05, 0.1) is 24.8 Å². The Hall–Kier alpha value is -2.13. The Balaban J connectivity index is 2.04. The molecule has 1 unspecified atom stereocenters. The SMILES string of the molecule is CCOC(=O)CC(NC(=O)CSc1nnnn1C)c1ccccc1Cl. The Morgan fingerprint density at radius 3 is 2.80 bits per heavy atom. The Labute approximate surface area is 154 Å². The van der Waals surface area contributed by atoms with Crippen LogP contribution < -0.4 is 5.32 Å². The number of nitrogens with zero attached hydrogens (tertiary/aromatic N) is 4. The van der Waals surface area contributed by atoms with Crippen molar-refractivity contribution in [1.29, 1.82) is 0 Å². The predicted octanol–water partition coefficient (Wildman–Crippen LogP) is 1.77. The van der Waals surface area contributed by atoms with Crippen LogP contribution in [0.1, 0.15) is 24.9 Å². The normalized spacial score (nSPS) is 11.8. The van der Waals surface area contributed by atoms with Gasteiger partial charge in [0.2, 0.25) is 11.1 Å². The minimum atomic E-state index is -0.571. The van der Waals surface area contributed by atoms with Crippen LogP contribution in [0, 0.1) is 0 Å². The zero-order valence-corrected chi connectivity index (χ0v) is 15.4. The summed E-state index contributed by atoms with van der Waals surface area (Å²) in [4.78, 5) is 24.1. The van der Waals surface area contributed by atoms with E-state index in [9.17, 15) is 9.59 Å². The van der Waals surface area contributed by atoms with Gasteiger partial charge >= 0.3 is 5.97 Å². The van der Waals surface area contributed by atoms with E-state index in [1.165, 1.54) is 16.4 Å². The summed E-state index contributed by atoms with van der Waals surface area (Å²) in [7, 11) is 1.69. The summed E-state index contributed by atoms with van der Waals surface area (Å²) in [5.74, 6) is -0.557. The molecule has 134 valence electrons. The quantitative estimate of drug-likeness (QED) is 0.547. The Morgan fingerprint density at radius 2 is 2.16 bits per heavy atom. The number of amides is 1. The van der Waals surface area contributed by atoms with Crippen LogP contribution in [0.25, 0.3) is 0 Å². The monoisotopic (exact) mass is 383 g/mol. The number of aromatic nitrogens is 4. The first-order valence-corrected chi connectivity index (χ1v) is 8.92. The highest BCUT2D eigenvalue weighted by Crippen LogP contribution is 2.26. The van der Waals surface area contributed by atoms with Crippen molar-refractivity contribution in [3.8, 4) is 0 Å². The maximum atomic E-state index is 12.3. The van der Waals surface area contributed by atoms with Crippen LogP contribution in [0.5, 0.6) is 0 Å². The van der Waals surface area contributed by atoms with Gasteiger partial charge in [0.1, 0.15) is 0 Å². The summed E-state index contributed by atoms with van der Waals surface area (Å²) in [5, 5.41) is 14.8. The van der Waals surface area contributed by atoms with Gasteiger partial charge in [0, 0.05) is 12.1 Å². The number of benzene rings is 1. The maximum Gasteiger partial charge on any atom is 0.308 e. The number of ether oxygens (including phenoxy) is 1. The van der Waals surface area contributed by atoms with Crippen LogP contribution in [0.15, 0.2) is 29.4 Å². The molecule has 0 aliphatic heterocycles. The van der Waals surface area contributed by atoms with E-state index < -0.39 is 12.0 Å². The minimum Gasteiger partial charge on any atom is -0.466 e. The second-order valence-corrected chi connectivity index (χ2v) is 6.37. The standard InChI is InChI=1S/C15H18ClN5O3S/c1-3-24-14(23)8-12(10-6-4-5-7-11(10)16)17-13(22)9-25-15-18-19-20-21(15)2/h4-7,12H,3,8-9H2,1-2H3,(H,17,22). The lowest BCUT2D eigenvalue weighted by Gasteiger charge is -2.19. The Kier molecular flexibility index (Phi) is 7.20. The van der Waals surface area contributed by atoms with Gasteiger partial charge < -0.3 is 10.1 Å². The molecule has 2 aromatic rings. The zero-order chi connectivity index (χ0) is 18.2. The molecule has 0 saturated carbocycles. The molecule has 0 fully saturated rings. The molecule has 1 heterocycles. The summed E-state index contributed by atoms with van der Waals surface area (Å²) >= 11 is 7.40. The van der Waals surface area contributed by atoms with Crippen molar-refractivity contribution < 1.29 is 14.3 Å². The molecule has 0 aliphatic carbocycles. The molecular weight excluding hydrogens is 366 g/mol. The Morgan fingerprint density at radius 1 is 1.40 bits per heavy atom. The lowest BCUT2D eigenvalue weighted by Crippen LogP contribution is -2.32. The first-order chi connectivity index (χ1) is 12.0. The summed E-state index contributed by atoms with van der Waals surface area (Å²) in [6, 6.07) is 6.49. The van der Waals surface area contributed by atoms with Gasteiger partial charge in [0.15, 0.2) is 0 Å². The number of halogens is 1. The molecule has 2 rings (SSSR count). The summed E-state index contributed by atoms with van der Waals surface area (Å²) < 4.78 is 6.46. The van der Waals surface area contributed by atoms with Gasteiger partial charge in [-0.3, -0.25) is 9.59 Å². The van der Waals surface area contributed by atoms with Crippen LogP contribution in [0.3, 0.4) is 0 Å².